The van der Waals surface area contributed by atoms with E-state index in [9.17, 15) is 4.79 Å². The molecule has 0 aliphatic carbocycles. The normalized spacial score (nSPS) is 17.1. The summed E-state index contributed by atoms with van der Waals surface area (Å²) in [5.41, 5.74) is 6.15. The maximum atomic E-state index is 13.2. The van der Waals surface area contributed by atoms with Crippen LogP contribution in [0.25, 0.3) is 0 Å². The molecule has 0 N–H and O–H groups in total. The van der Waals surface area contributed by atoms with Gasteiger partial charge in [-0.2, -0.15) is 0 Å². The Balaban J connectivity index is 1.64. The van der Waals surface area contributed by atoms with Gasteiger partial charge < -0.3 is 19.3 Å². The second kappa shape index (κ2) is 8.16. The van der Waals surface area contributed by atoms with Crippen LogP contribution in [0.1, 0.15) is 39.5 Å². The van der Waals surface area contributed by atoms with E-state index in [1.807, 2.05) is 79.7 Å². The number of esters is 1. The third-order valence-electron chi connectivity index (χ3n) is 7.18. The largest absolute Gasteiger partial charge is 0.456 e. The van der Waals surface area contributed by atoms with Crippen LogP contribution in [0, 0.1) is 6.92 Å². The fraction of sp³-hybridized carbons (Fsp3) is 0.194. The lowest BCUT2D eigenvalue weighted by atomic mass is 9.77. The van der Waals surface area contributed by atoms with Crippen molar-refractivity contribution in [3.63, 3.8) is 0 Å². The molecule has 0 aromatic heterocycles. The lowest BCUT2D eigenvalue weighted by Gasteiger charge is -2.38. The minimum absolute atomic E-state index is 0.320. The van der Waals surface area contributed by atoms with Crippen LogP contribution in [0.3, 0.4) is 0 Å². The summed E-state index contributed by atoms with van der Waals surface area (Å²) in [6.45, 7) is 4.98. The summed E-state index contributed by atoms with van der Waals surface area (Å²) in [5, 5.41) is 0. The first-order valence-corrected chi connectivity index (χ1v) is 12.2. The van der Waals surface area contributed by atoms with Gasteiger partial charge in [0.2, 0.25) is 0 Å². The summed E-state index contributed by atoms with van der Waals surface area (Å²) in [6, 6.07) is 28.4. The summed E-state index contributed by atoms with van der Waals surface area (Å²) < 4.78 is 13.0. The molecular weight excluding hydrogens is 448 g/mol. The average Bonchev–Trinajstić information content (AvgIpc) is 3.19. The molecule has 36 heavy (non-hydrogen) atoms. The van der Waals surface area contributed by atoms with Crippen LogP contribution in [0.5, 0.6) is 11.5 Å². The minimum Gasteiger partial charge on any atom is -0.456 e. The standard InChI is InChI=1S/C31H28N2O3/c1-5-33(21-11-7-6-8-12-21)23-17-20(2)29-27(18-23)31(25-14-10-9-13-24(25)30(34)36-31)26-16-15-22(32(3)4)19-28(26)35-29/h6-19H,5H2,1-4H3. The van der Waals surface area contributed by atoms with Gasteiger partial charge in [-0.15, -0.1) is 0 Å². The molecule has 6 rings (SSSR count). The van der Waals surface area contributed by atoms with Crippen molar-refractivity contribution in [2.75, 3.05) is 30.4 Å². The third kappa shape index (κ3) is 3.12. The van der Waals surface area contributed by atoms with Crippen molar-refractivity contribution < 1.29 is 14.3 Å². The van der Waals surface area contributed by atoms with Crippen molar-refractivity contribution in [2.24, 2.45) is 0 Å². The van der Waals surface area contributed by atoms with Gasteiger partial charge in [0.1, 0.15) is 11.5 Å². The molecule has 0 saturated heterocycles. The number of ether oxygens (including phenoxy) is 2. The molecule has 4 aromatic rings. The van der Waals surface area contributed by atoms with Gasteiger partial charge in [0.15, 0.2) is 5.60 Å². The van der Waals surface area contributed by atoms with Crippen LogP contribution in [0.4, 0.5) is 17.1 Å². The Bertz CT molecular complexity index is 1500. The van der Waals surface area contributed by atoms with Crippen molar-refractivity contribution >= 4 is 23.0 Å². The fourth-order valence-corrected chi connectivity index (χ4v) is 5.47. The lowest BCUT2D eigenvalue weighted by Crippen LogP contribution is -2.34. The molecule has 0 bridgehead atoms. The highest BCUT2D eigenvalue weighted by Crippen LogP contribution is 2.58. The van der Waals surface area contributed by atoms with Crippen LogP contribution >= 0.6 is 0 Å². The van der Waals surface area contributed by atoms with Crippen LogP contribution in [0.15, 0.2) is 84.9 Å². The van der Waals surface area contributed by atoms with Crippen LogP contribution < -0.4 is 14.5 Å². The zero-order chi connectivity index (χ0) is 25.0. The van der Waals surface area contributed by atoms with E-state index in [1.54, 1.807) is 0 Å². The molecule has 4 aromatic carbocycles. The predicted octanol–water partition coefficient (Wildman–Crippen LogP) is 6.79. The predicted molar refractivity (Wildman–Crippen MR) is 143 cm³/mol. The second-order valence-corrected chi connectivity index (χ2v) is 9.51. The molecule has 0 amide bonds. The Kier molecular flexibility index (Phi) is 5.04. The zero-order valence-corrected chi connectivity index (χ0v) is 20.9. The number of fused-ring (bicyclic) bond motifs is 6. The molecule has 5 heteroatoms. The monoisotopic (exact) mass is 476 g/mol. The van der Waals surface area contributed by atoms with E-state index in [2.05, 4.69) is 43.0 Å². The Morgan fingerprint density at radius 1 is 0.778 bits per heavy atom. The topological polar surface area (TPSA) is 42.0 Å². The number of carbonyl (C=O) groups excluding carboxylic acids is 1. The van der Waals surface area contributed by atoms with Crippen molar-refractivity contribution in [1.82, 2.24) is 0 Å². The molecule has 1 unspecified atom stereocenters. The van der Waals surface area contributed by atoms with Gasteiger partial charge in [-0.1, -0.05) is 36.4 Å². The number of para-hydroxylation sites is 1. The number of nitrogens with zero attached hydrogens (tertiary/aromatic N) is 2. The first kappa shape index (κ1) is 22.2. The van der Waals surface area contributed by atoms with Crippen LogP contribution in [-0.2, 0) is 10.3 Å². The molecular formula is C31H28N2O3. The summed E-state index contributed by atoms with van der Waals surface area (Å²) >= 11 is 0. The summed E-state index contributed by atoms with van der Waals surface area (Å²) in [7, 11) is 4.00. The maximum Gasteiger partial charge on any atom is 0.340 e. The van der Waals surface area contributed by atoms with E-state index in [0.29, 0.717) is 11.3 Å². The minimum atomic E-state index is -1.09. The first-order valence-electron chi connectivity index (χ1n) is 12.2. The van der Waals surface area contributed by atoms with Gasteiger partial charge in [-0.05, 0) is 61.9 Å². The van der Waals surface area contributed by atoms with Gasteiger partial charge in [-0.3, -0.25) is 0 Å². The highest BCUT2D eigenvalue weighted by molar-refractivity contribution is 5.97. The molecule has 1 spiro atoms. The van der Waals surface area contributed by atoms with E-state index in [4.69, 9.17) is 9.47 Å². The van der Waals surface area contributed by atoms with E-state index < -0.39 is 5.60 Å². The number of aryl methyl sites for hydroxylation is 1. The number of rotatable bonds is 4. The molecule has 180 valence electrons. The van der Waals surface area contributed by atoms with Gasteiger partial charge in [-0.25, -0.2) is 4.79 Å². The average molecular weight is 477 g/mol. The molecule has 0 saturated carbocycles. The maximum absolute atomic E-state index is 13.2. The lowest BCUT2D eigenvalue weighted by molar-refractivity contribution is 0.0224. The molecule has 2 aliphatic rings. The van der Waals surface area contributed by atoms with Gasteiger partial charge in [0.25, 0.3) is 0 Å². The Morgan fingerprint density at radius 3 is 2.28 bits per heavy atom. The van der Waals surface area contributed by atoms with E-state index in [-0.39, 0.29) is 5.97 Å². The highest BCUT2D eigenvalue weighted by atomic mass is 16.6. The molecule has 1 atom stereocenters. The van der Waals surface area contributed by atoms with E-state index in [0.717, 1.165) is 51.6 Å². The van der Waals surface area contributed by atoms with Gasteiger partial charge in [0.05, 0.1) is 5.56 Å². The molecule has 0 fully saturated rings. The van der Waals surface area contributed by atoms with Gasteiger partial charge >= 0.3 is 5.97 Å². The van der Waals surface area contributed by atoms with Crippen molar-refractivity contribution in [3.8, 4) is 11.5 Å². The Hall–Kier alpha value is -4.25. The quantitative estimate of drug-likeness (QED) is 0.304. The van der Waals surface area contributed by atoms with Crippen LogP contribution in [-0.4, -0.2) is 26.6 Å². The smallest absolute Gasteiger partial charge is 0.340 e. The Morgan fingerprint density at radius 2 is 1.53 bits per heavy atom. The molecule has 2 heterocycles. The zero-order valence-electron chi connectivity index (χ0n) is 20.9. The number of hydrogen-bond donors (Lipinski definition) is 0. The second-order valence-electron chi connectivity index (χ2n) is 9.51. The van der Waals surface area contributed by atoms with Crippen LogP contribution in [0.2, 0.25) is 0 Å². The third-order valence-corrected chi connectivity index (χ3v) is 7.18. The van der Waals surface area contributed by atoms with E-state index in [1.165, 1.54) is 0 Å². The highest BCUT2D eigenvalue weighted by Gasteiger charge is 2.54. The molecule has 2 aliphatic heterocycles. The first-order chi connectivity index (χ1) is 17.4. The van der Waals surface area contributed by atoms with Crippen molar-refractivity contribution in [1.29, 1.82) is 0 Å². The Labute approximate surface area is 211 Å². The number of carbonyl (C=O) groups is 1. The summed E-state index contributed by atoms with van der Waals surface area (Å²) in [4.78, 5) is 17.5. The molecule has 0 radical (unpaired) electrons. The fourth-order valence-electron chi connectivity index (χ4n) is 5.47. The van der Waals surface area contributed by atoms with Crippen molar-refractivity contribution in [3.05, 3.63) is 113 Å². The summed E-state index contributed by atoms with van der Waals surface area (Å²) in [5.74, 6) is 1.11. The number of anilines is 3. The number of hydrogen-bond acceptors (Lipinski definition) is 5. The number of benzene rings is 4. The van der Waals surface area contributed by atoms with E-state index >= 15 is 0 Å². The van der Waals surface area contributed by atoms with Gasteiger partial charge in [0, 0.05) is 60.5 Å². The SMILES string of the molecule is CCN(c1ccccc1)c1cc(C)c2c(c1)C1(OC(=O)c3ccccc31)c1ccc(N(C)C)cc1O2. The molecule has 5 nitrogen and oxygen atoms in total. The van der Waals surface area contributed by atoms with Crippen molar-refractivity contribution in [2.45, 2.75) is 19.4 Å². The summed E-state index contributed by atoms with van der Waals surface area (Å²) in [6.07, 6.45) is 0.